The zero-order chi connectivity index (χ0) is 19.1. The Hall–Kier alpha value is -0.0200. The van der Waals surface area contributed by atoms with E-state index in [-0.39, 0.29) is 6.10 Å². The molecule has 1 aliphatic rings. The number of ether oxygens (including phenoxy) is 3. The van der Waals surface area contributed by atoms with Gasteiger partial charge in [-0.25, -0.2) is 0 Å². The molecule has 0 aromatic heterocycles. The molecule has 0 spiro atoms. The van der Waals surface area contributed by atoms with Gasteiger partial charge in [-0.15, -0.1) is 0 Å². The zero-order valence-electron chi connectivity index (χ0n) is 16.3. The van der Waals surface area contributed by atoms with E-state index < -0.39 is 5.60 Å². The summed E-state index contributed by atoms with van der Waals surface area (Å²) in [6.45, 7) is 5.65. The van der Waals surface area contributed by atoms with Gasteiger partial charge in [0.2, 0.25) is 0 Å². The Bertz CT molecular complexity index is 422. The maximum absolute atomic E-state index is 6.04. The van der Waals surface area contributed by atoms with E-state index in [0.29, 0.717) is 6.61 Å². The van der Waals surface area contributed by atoms with Crippen LogP contribution in [0.1, 0.15) is 19.8 Å². The molecule has 26 heavy (non-hydrogen) atoms. The van der Waals surface area contributed by atoms with Crippen LogP contribution in [0.4, 0.5) is 0 Å². The molecule has 0 aliphatic heterocycles. The van der Waals surface area contributed by atoms with Gasteiger partial charge in [-0.05, 0) is 42.9 Å². The molecule has 5 nitrogen and oxygen atoms in total. The van der Waals surface area contributed by atoms with Crippen molar-refractivity contribution >= 4 is 23.5 Å². The van der Waals surface area contributed by atoms with Crippen molar-refractivity contribution in [3.05, 3.63) is 23.8 Å². The summed E-state index contributed by atoms with van der Waals surface area (Å²) < 4.78 is 17.6. The van der Waals surface area contributed by atoms with Crippen molar-refractivity contribution in [2.45, 2.75) is 31.5 Å². The zero-order valence-corrected chi connectivity index (χ0v) is 17.9. The third-order valence-electron chi connectivity index (χ3n) is 4.06. The van der Waals surface area contributed by atoms with E-state index in [9.17, 15) is 0 Å². The summed E-state index contributed by atoms with van der Waals surface area (Å²) in [5.41, 5.74) is 11.7. The fraction of sp³-hybridized carbons (Fsp3) is 0.789. The smallest absolute Gasteiger partial charge is 0.113 e. The average Bonchev–Trinajstić information content (AvgIpc) is 2.65. The number of methoxy groups -OCH3 is 1. The highest BCUT2D eigenvalue weighted by Gasteiger charge is 2.34. The lowest BCUT2D eigenvalue weighted by atomic mass is 9.90. The molecular weight excluding hydrogens is 368 g/mol. The molecule has 0 saturated heterocycles. The van der Waals surface area contributed by atoms with Crippen LogP contribution in [0.25, 0.3) is 0 Å². The lowest BCUT2D eigenvalue weighted by Crippen LogP contribution is -2.42. The van der Waals surface area contributed by atoms with Crippen molar-refractivity contribution < 1.29 is 14.2 Å². The SMILES string of the molecule is COC1(C)C=C(COCCCSCCN)C=CC1OCCCSCCN. The van der Waals surface area contributed by atoms with Gasteiger partial charge in [-0.3, -0.25) is 0 Å². The molecule has 4 N–H and O–H groups in total. The van der Waals surface area contributed by atoms with Gasteiger partial charge in [0.05, 0.1) is 6.61 Å². The topological polar surface area (TPSA) is 79.7 Å². The van der Waals surface area contributed by atoms with Gasteiger partial charge < -0.3 is 25.7 Å². The van der Waals surface area contributed by atoms with Crippen molar-refractivity contribution in [2.75, 3.05) is 63.0 Å². The van der Waals surface area contributed by atoms with Crippen molar-refractivity contribution in [3.63, 3.8) is 0 Å². The first kappa shape index (κ1) is 24.0. The molecule has 7 heteroatoms. The van der Waals surface area contributed by atoms with Crippen LogP contribution in [0.15, 0.2) is 23.8 Å². The van der Waals surface area contributed by atoms with Crippen LogP contribution in [0, 0.1) is 0 Å². The van der Waals surface area contributed by atoms with E-state index in [1.807, 2.05) is 23.5 Å². The second-order valence-electron chi connectivity index (χ2n) is 6.32. The maximum atomic E-state index is 6.04. The van der Waals surface area contributed by atoms with Crippen LogP contribution in [0.5, 0.6) is 0 Å². The molecule has 0 bridgehead atoms. The van der Waals surface area contributed by atoms with Crippen LogP contribution < -0.4 is 11.5 Å². The molecule has 1 rings (SSSR count). The second-order valence-corrected chi connectivity index (χ2v) is 8.77. The quantitative estimate of drug-likeness (QED) is 0.383. The normalized spacial score (nSPS) is 22.6. The third kappa shape index (κ3) is 9.78. The number of thioether (sulfide) groups is 2. The number of hydrogen-bond acceptors (Lipinski definition) is 7. The summed E-state index contributed by atoms with van der Waals surface area (Å²) in [6, 6.07) is 0. The Kier molecular flexibility index (Phi) is 13.8. The summed E-state index contributed by atoms with van der Waals surface area (Å²) >= 11 is 3.75. The van der Waals surface area contributed by atoms with Crippen LogP contribution >= 0.6 is 23.5 Å². The lowest BCUT2D eigenvalue weighted by molar-refractivity contribution is -0.0714. The number of rotatable bonds is 16. The molecule has 0 aromatic rings. The summed E-state index contributed by atoms with van der Waals surface area (Å²) in [7, 11) is 1.73. The molecular formula is C19H36N2O3S2. The van der Waals surface area contributed by atoms with Gasteiger partial charge in [0, 0.05) is 44.9 Å². The second kappa shape index (κ2) is 15.0. The standard InChI is InChI=1S/C19H36N2O3S2/c1-19(22-2)15-17(16-23-9-3-11-25-13-7-20)5-6-18(19)24-10-4-12-26-14-8-21/h5-6,15,18H,3-4,7-14,16,20-21H2,1-2H3. The van der Waals surface area contributed by atoms with E-state index in [1.165, 1.54) is 0 Å². The highest BCUT2D eigenvalue weighted by molar-refractivity contribution is 7.99. The van der Waals surface area contributed by atoms with Crippen LogP contribution in [0.2, 0.25) is 0 Å². The molecule has 152 valence electrons. The highest BCUT2D eigenvalue weighted by atomic mass is 32.2. The molecule has 0 radical (unpaired) electrons. The fourth-order valence-electron chi connectivity index (χ4n) is 2.58. The number of nitrogens with two attached hydrogens (primary N) is 2. The lowest BCUT2D eigenvalue weighted by Gasteiger charge is -2.35. The average molecular weight is 405 g/mol. The summed E-state index contributed by atoms with van der Waals surface area (Å²) in [5.74, 6) is 4.21. The van der Waals surface area contributed by atoms with Crippen molar-refractivity contribution in [1.82, 2.24) is 0 Å². The monoisotopic (exact) mass is 404 g/mol. The van der Waals surface area contributed by atoms with Crippen molar-refractivity contribution in [1.29, 1.82) is 0 Å². The van der Waals surface area contributed by atoms with Gasteiger partial charge >= 0.3 is 0 Å². The minimum absolute atomic E-state index is 0.0663. The summed E-state index contributed by atoms with van der Waals surface area (Å²) in [4.78, 5) is 0. The van der Waals surface area contributed by atoms with Gasteiger partial charge in [-0.1, -0.05) is 12.2 Å². The van der Waals surface area contributed by atoms with E-state index in [1.54, 1.807) is 7.11 Å². The van der Waals surface area contributed by atoms with Gasteiger partial charge in [0.25, 0.3) is 0 Å². The Balaban J connectivity index is 2.29. The van der Waals surface area contributed by atoms with Crippen LogP contribution in [-0.4, -0.2) is 74.7 Å². The Morgan fingerprint density at radius 1 is 1.04 bits per heavy atom. The first-order valence-electron chi connectivity index (χ1n) is 9.36. The van der Waals surface area contributed by atoms with Gasteiger partial charge in [-0.2, -0.15) is 23.5 Å². The van der Waals surface area contributed by atoms with Crippen LogP contribution in [0.3, 0.4) is 0 Å². The molecule has 2 unspecified atom stereocenters. The van der Waals surface area contributed by atoms with E-state index in [2.05, 4.69) is 25.2 Å². The Morgan fingerprint density at radius 2 is 1.69 bits per heavy atom. The van der Waals surface area contributed by atoms with E-state index in [0.717, 1.165) is 67.7 Å². The van der Waals surface area contributed by atoms with E-state index >= 15 is 0 Å². The number of hydrogen-bond donors (Lipinski definition) is 2. The highest BCUT2D eigenvalue weighted by Crippen LogP contribution is 2.27. The van der Waals surface area contributed by atoms with Crippen LogP contribution in [-0.2, 0) is 14.2 Å². The molecule has 0 saturated carbocycles. The van der Waals surface area contributed by atoms with Crippen molar-refractivity contribution in [2.24, 2.45) is 11.5 Å². The Morgan fingerprint density at radius 3 is 2.31 bits per heavy atom. The minimum Gasteiger partial charge on any atom is -0.377 e. The minimum atomic E-state index is -0.450. The molecule has 0 heterocycles. The van der Waals surface area contributed by atoms with E-state index in [4.69, 9.17) is 25.7 Å². The first-order valence-corrected chi connectivity index (χ1v) is 11.7. The predicted octanol–water partition coefficient (Wildman–Crippen LogP) is 2.45. The summed E-state index contributed by atoms with van der Waals surface area (Å²) in [6.07, 6.45) is 8.32. The van der Waals surface area contributed by atoms with Crippen molar-refractivity contribution in [3.8, 4) is 0 Å². The maximum Gasteiger partial charge on any atom is 0.113 e. The first-order chi connectivity index (χ1) is 12.7. The molecule has 0 amide bonds. The third-order valence-corrected chi connectivity index (χ3v) is 6.27. The molecule has 0 fully saturated rings. The van der Waals surface area contributed by atoms with Gasteiger partial charge in [0.15, 0.2) is 0 Å². The summed E-state index contributed by atoms with van der Waals surface area (Å²) in [5, 5.41) is 0. The molecule has 0 aromatic carbocycles. The molecule has 1 aliphatic carbocycles. The predicted molar refractivity (Wildman–Crippen MR) is 115 cm³/mol. The largest absolute Gasteiger partial charge is 0.377 e. The molecule has 2 atom stereocenters. The fourth-order valence-corrected chi connectivity index (χ4v) is 3.97. The Labute approximate surface area is 167 Å². The van der Waals surface area contributed by atoms with Gasteiger partial charge in [0.1, 0.15) is 11.7 Å².